The zero-order valence-electron chi connectivity index (χ0n) is 10.7. The monoisotopic (exact) mass is 279 g/mol. The van der Waals surface area contributed by atoms with Crippen molar-refractivity contribution in [3.8, 4) is 11.8 Å². The van der Waals surface area contributed by atoms with Crippen LogP contribution in [0, 0.1) is 0 Å². The van der Waals surface area contributed by atoms with Gasteiger partial charge in [0.1, 0.15) is 10.8 Å². The largest absolute Gasteiger partial charge is 0.496 e. The number of hydrogen-bond acceptors (Lipinski definition) is 5. The topological polar surface area (TPSA) is 56.3 Å². The number of ether oxygens (including phenoxy) is 2. The third-order valence-corrected chi connectivity index (χ3v) is 2.82. The molecule has 0 unspecified atom stereocenters. The number of methoxy groups -OCH3 is 2. The molecule has 0 aliphatic carbocycles. The van der Waals surface area contributed by atoms with Crippen LogP contribution in [0.5, 0.6) is 11.8 Å². The smallest absolute Gasteiger partial charge is 0.318 e. The Kier molecular flexibility index (Phi) is 4.41. The van der Waals surface area contributed by atoms with E-state index >= 15 is 0 Å². The van der Waals surface area contributed by atoms with Gasteiger partial charge in [-0.05, 0) is 6.07 Å². The van der Waals surface area contributed by atoms with Crippen molar-refractivity contribution in [2.75, 3.05) is 19.5 Å². The van der Waals surface area contributed by atoms with Gasteiger partial charge in [-0.25, -0.2) is 4.98 Å². The number of nitrogens with zero attached hydrogens (tertiary/aromatic N) is 2. The summed E-state index contributed by atoms with van der Waals surface area (Å²) in [4.78, 5) is 8.06. The molecule has 1 N–H and O–H groups in total. The van der Waals surface area contributed by atoms with Crippen LogP contribution < -0.4 is 14.8 Å². The molecule has 0 spiro atoms. The fraction of sp³-hybridized carbons (Fsp3) is 0.231. The molecule has 0 saturated heterocycles. The van der Waals surface area contributed by atoms with Crippen molar-refractivity contribution in [2.45, 2.75) is 6.54 Å². The lowest BCUT2D eigenvalue weighted by molar-refractivity contribution is 0.380. The number of anilines is 1. The molecule has 1 aromatic carbocycles. The molecule has 0 atom stereocenters. The maximum absolute atomic E-state index is 6.02. The molecule has 0 saturated carbocycles. The van der Waals surface area contributed by atoms with E-state index in [9.17, 15) is 0 Å². The summed E-state index contributed by atoms with van der Waals surface area (Å²) in [6, 6.07) is 8.01. The Morgan fingerprint density at radius 2 is 2.00 bits per heavy atom. The van der Waals surface area contributed by atoms with Gasteiger partial charge in [0.2, 0.25) is 0 Å². The fourth-order valence-electron chi connectivity index (χ4n) is 1.60. The molecule has 2 rings (SSSR count). The van der Waals surface area contributed by atoms with Gasteiger partial charge in [0.15, 0.2) is 5.82 Å². The molecule has 6 heteroatoms. The van der Waals surface area contributed by atoms with Gasteiger partial charge in [-0.3, -0.25) is 0 Å². The number of benzene rings is 1. The first kappa shape index (κ1) is 13.4. The first-order chi connectivity index (χ1) is 9.24. The molecule has 100 valence electrons. The number of halogens is 1. The molecule has 1 aromatic heterocycles. The third-order valence-electron chi connectivity index (χ3n) is 2.54. The van der Waals surface area contributed by atoms with Crippen LogP contribution in [0.15, 0.2) is 30.5 Å². The molecule has 0 amide bonds. The standard InChI is InChI=1S/C13H14ClN3O2/c1-18-11-6-4-3-5-9(11)7-15-12-10(14)8-16-13(17-12)19-2/h3-6,8H,7H2,1-2H3,(H,15,16,17). The van der Waals surface area contributed by atoms with Crippen molar-refractivity contribution >= 4 is 17.4 Å². The van der Waals surface area contributed by atoms with Crippen molar-refractivity contribution in [1.82, 2.24) is 9.97 Å². The summed E-state index contributed by atoms with van der Waals surface area (Å²) in [6.45, 7) is 0.546. The van der Waals surface area contributed by atoms with E-state index in [2.05, 4.69) is 15.3 Å². The predicted molar refractivity (Wildman–Crippen MR) is 73.9 cm³/mol. The van der Waals surface area contributed by atoms with Crippen LogP contribution >= 0.6 is 11.6 Å². The number of para-hydroxylation sites is 1. The summed E-state index contributed by atoms with van der Waals surface area (Å²) in [5, 5.41) is 3.58. The summed E-state index contributed by atoms with van der Waals surface area (Å²) >= 11 is 6.02. The fourth-order valence-corrected chi connectivity index (χ4v) is 1.76. The normalized spacial score (nSPS) is 10.1. The Labute approximate surface area is 116 Å². The molecule has 5 nitrogen and oxygen atoms in total. The summed E-state index contributed by atoms with van der Waals surface area (Å²) in [5.74, 6) is 1.34. The van der Waals surface area contributed by atoms with Gasteiger partial charge in [-0.1, -0.05) is 29.8 Å². The number of rotatable bonds is 5. The Morgan fingerprint density at radius 3 is 2.74 bits per heavy atom. The lowest BCUT2D eigenvalue weighted by atomic mass is 10.2. The summed E-state index contributed by atoms with van der Waals surface area (Å²) < 4.78 is 10.2. The molecule has 2 aromatic rings. The molecule has 0 radical (unpaired) electrons. The number of hydrogen-bond donors (Lipinski definition) is 1. The number of aromatic nitrogens is 2. The second-order valence-electron chi connectivity index (χ2n) is 3.72. The van der Waals surface area contributed by atoms with Gasteiger partial charge in [-0.15, -0.1) is 0 Å². The Hall–Kier alpha value is -2.01. The van der Waals surface area contributed by atoms with E-state index in [1.807, 2.05) is 24.3 Å². The van der Waals surface area contributed by atoms with Gasteiger partial charge in [0.25, 0.3) is 0 Å². The second-order valence-corrected chi connectivity index (χ2v) is 4.13. The summed E-state index contributed by atoms with van der Waals surface area (Å²) in [6.07, 6.45) is 1.50. The van der Waals surface area contributed by atoms with E-state index in [-0.39, 0.29) is 6.01 Å². The van der Waals surface area contributed by atoms with E-state index in [0.717, 1.165) is 11.3 Å². The molecular weight excluding hydrogens is 266 g/mol. The van der Waals surface area contributed by atoms with Gasteiger partial charge < -0.3 is 14.8 Å². The lowest BCUT2D eigenvalue weighted by Crippen LogP contribution is -2.05. The van der Waals surface area contributed by atoms with Crippen molar-refractivity contribution < 1.29 is 9.47 Å². The first-order valence-corrected chi connectivity index (χ1v) is 6.04. The molecule has 0 aliphatic heterocycles. The van der Waals surface area contributed by atoms with E-state index in [0.29, 0.717) is 17.4 Å². The van der Waals surface area contributed by atoms with E-state index in [1.54, 1.807) is 7.11 Å². The molecule has 0 aliphatic rings. The molecule has 0 fully saturated rings. The van der Waals surface area contributed by atoms with Crippen molar-refractivity contribution in [2.24, 2.45) is 0 Å². The van der Waals surface area contributed by atoms with E-state index < -0.39 is 0 Å². The maximum atomic E-state index is 6.02. The Balaban J connectivity index is 2.14. The zero-order chi connectivity index (χ0) is 13.7. The van der Waals surface area contributed by atoms with Gasteiger partial charge >= 0.3 is 6.01 Å². The highest BCUT2D eigenvalue weighted by Crippen LogP contribution is 2.23. The zero-order valence-corrected chi connectivity index (χ0v) is 11.4. The van der Waals surface area contributed by atoms with Crippen LogP contribution in [-0.2, 0) is 6.54 Å². The highest BCUT2D eigenvalue weighted by molar-refractivity contribution is 6.32. The van der Waals surface area contributed by atoms with Crippen LogP contribution in [0.4, 0.5) is 5.82 Å². The van der Waals surface area contributed by atoms with Crippen LogP contribution in [0.2, 0.25) is 5.02 Å². The SMILES string of the molecule is COc1ncc(Cl)c(NCc2ccccc2OC)n1. The minimum Gasteiger partial charge on any atom is -0.496 e. The molecular formula is C13H14ClN3O2. The Morgan fingerprint density at radius 1 is 1.21 bits per heavy atom. The van der Waals surface area contributed by atoms with E-state index in [1.165, 1.54) is 13.3 Å². The second kappa shape index (κ2) is 6.24. The quantitative estimate of drug-likeness (QED) is 0.912. The van der Waals surface area contributed by atoms with Crippen LogP contribution in [0.1, 0.15) is 5.56 Å². The molecule has 19 heavy (non-hydrogen) atoms. The van der Waals surface area contributed by atoms with Gasteiger partial charge in [0, 0.05) is 12.1 Å². The highest BCUT2D eigenvalue weighted by atomic mass is 35.5. The predicted octanol–water partition coefficient (Wildman–Crippen LogP) is 2.76. The molecule has 0 bridgehead atoms. The number of nitrogens with one attached hydrogen (secondary N) is 1. The Bertz CT molecular complexity index is 563. The van der Waals surface area contributed by atoms with Crippen LogP contribution in [0.25, 0.3) is 0 Å². The highest BCUT2D eigenvalue weighted by Gasteiger charge is 2.07. The lowest BCUT2D eigenvalue weighted by Gasteiger charge is -2.11. The van der Waals surface area contributed by atoms with E-state index in [4.69, 9.17) is 21.1 Å². The summed E-state index contributed by atoms with van der Waals surface area (Å²) in [5.41, 5.74) is 1.01. The average molecular weight is 280 g/mol. The van der Waals surface area contributed by atoms with Crippen LogP contribution in [-0.4, -0.2) is 24.2 Å². The van der Waals surface area contributed by atoms with Gasteiger partial charge in [0.05, 0.1) is 20.4 Å². The maximum Gasteiger partial charge on any atom is 0.318 e. The minimum atomic E-state index is 0.270. The first-order valence-electron chi connectivity index (χ1n) is 5.67. The van der Waals surface area contributed by atoms with Gasteiger partial charge in [-0.2, -0.15) is 4.98 Å². The van der Waals surface area contributed by atoms with Crippen molar-refractivity contribution in [3.05, 3.63) is 41.0 Å². The van der Waals surface area contributed by atoms with Crippen molar-refractivity contribution in [3.63, 3.8) is 0 Å². The minimum absolute atomic E-state index is 0.270. The third kappa shape index (κ3) is 3.26. The average Bonchev–Trinajstić information content (AvgIpc) is 2.46. The molecule has 1 heterocycles. The summed E-state index contributed by atoms with van der Waals surface area (Å²) in [7, 11) is 3.15. The van der Waals surface area contributed by atoms with Crippen LogP contribution in [0.3, 0.4) is 0 Å². The van der Waals surface area contributed by atoms with Crippen molar-refractivity contribution in [1.29, 1.82) is 0 Å².